The smallest absolute Gasteiger partial charge is 0.163 e. The minimum absolute atomic E-state index is 0.439. The number of anilines is 1. The van der Waals surface area contributed by atoms with Crippen LogP contribution in [-0.4, -0.2) is 9.97 Å². The summed E-state index contributed by atoms with van der Waals surface area (Å²) in [6.45, 7) is 1.55. The quantitative estimate of drug-likeness (QED) is 0.283. The summed E-state index contributed by atoms with van der Waals surface area (Å²) in [5, 5.41) is 4.32. The molecule has 5 rings (SSSR count). The standard InChI is InChI=1S/C29H25N3O2/c1-4-10-22(11-5-1)18-30-29-25-16-27(33-19-23-12-6-2-7-13-23)28(17-26(25)31-21-32-29)34-20-24-14-8-3-9-15-24/h1-17,21H,18-20H2,(H,30,31,32). The van der Waals surface area contributed by atoms with Gasteiger partial charge in [-0.25, -0.2) is 9.97 Å². The van der Waals surface area contributed by atoms with Crippen LogP contribution in [0.4, 0.5) is 5.82 Å². The molecule has 0 spiro atoms. The van der Waals surface area contributed by atoms with E-state index >= 15 is 0 Å². The molecule has 0 aliphatic rings. The van der Waals surface area contributed by atoms with Crippen LogP contribution in [-0.2, 0) is 19.8 Å². The molecule has 4 aromatic carbocycles. The van der Waals surface area contributed by atoms with Crippen molar-refractivity contribution in [3.63, 3.8) is 0 Å². The number of hydrogen-bond donors (Lipinski definition) is 1. The maximum atomic E-state index is 6.23. The molecule has 1 aromatic heterocycles. The number of aromatic nitrogens is 2. The SMILES string of the molecule is c1ccc(CNc2ncnc3cc(OCc4ccccc4)c(OCc4ccccc4)cc23)cc1. The lowest BCUT2D eigenvalue weighted by molar-refractivity contribution is 0.256. The lowest BCUT2D eigenvalue weighted by Crippen LogP contribution is -2.04. The Hall–Kier alpha value is -4.38. The molecule has 34 heavy (non-hydrogen) atoms. The Balaban J connectivity index is 1.44. The van der Waals surface area contributed by atoms with Crippen LogP contribution in [0.1, 0.15) is 16.7 Å². The molecule has 5 nitrogen and oxygen atoms in total. The first-order valence-corrected chi connectivity index (χ1v) is 11.3. The van der Waals surface area contributed by atoms with E-state index in [1.54, 1.807) is 6.33 Å². The van der Waals surface area contributed by atoms with Crippen LogP contribution < -0.4 is 14.8 Å². The highest BCUT2D eigenvalue weighted by molar-refractivity contribution is 5.91. The van der Waals surface area contributed by atoms with E-state index in [4.69, 9.17) is 9.47 Å². The molecule has 0 aliphatic carbocycles. The molecule has 1 heterocycles. The van der Waals surface area contributed by atoms with E-state index in [0.29, 0.717) is 31.3 Å². The summed E-state index contributed by atoms with van der Waals surface area (Å²) in [5.74, 6) is 2.07. The number of benzene rings is 4. The molecule has 5 aromatic rings. The Morgan fingerprint density at radius 1 is 0.588 bits per heavy atom. The zero-order chi connectivity index (χ0) is 23.0. The van der Waals surface area contributed by atoms with Crippen LogP contribution in [0.15, 0.2) is 109 Å². The van der Waals surface area contributed by atoms with Crippen molar-refractivity contribution >= 4 is 16.7 Å². The highest BCUT2D eigenvalue weighted by Gasteiger charge is 2.13. The minimum Gasteiger partial charge on any atom is -0.485 e. The molecule has 0 unspecified atom stereocenters. The first-order valence-electron chi connectivity index (χ1n) is 11.3. The van der Waals surface area contributed by atoms with E-state index in [0.717, 1.165) is 27.8 Å². The third kappa shape index (κ3) is 5.33. The van der Waals surface area contributed by atoms with Crippen LogP contribution >= 0.6 is 0 Å². The normalized spacial score (nSPS) is 10.7. The first kappa shape index (κ1) is 21.5. The van der Waals surface area contributed by atoms with E-state index in [-0.39, 0.29) is 0 Å². The molecule has 0 amide bonds. The lowest BCUT2D eigenvalue weighted by Gasteiger charge is -2.16. The van der Waals surface area contributed by atoms with E-state index < -0.39 is 0 Å². The molecule has 0 saturated heterocycles. The van der Waals surface area contributed by atoms with Crippen molar-refractivity contribution in [1.29, 1.82) is 0 Å². The van der Waals surface area contributed by atoms with Crippen molar-refractivity contribution in [2.24, 2.45) is 0 Å². The van der Waals surface area contributed by atoms with Gasteiger partial charge in [0.15, 0.2) is 11.5 Å². The van der Waals surface area contributed by atoms with Crippen LogP contribution in [0.25, 0.3) is 10.9 Å². The summed E-state index contributed by atoms with van der Waals surface area (Å²) >= 11 is 0. The molecule has 1 N–H and O–H groups in total. The predicted octanol–water partition coefficient (Wildman–Crippen LogP) is 6.40. The largest absolute Gasteiger partial charge is 0.485 e. The second-order valence-electron chi connectivity index (χ2n) is 7.93. The topological polar surface area (TPSA) is 56.3 Å². The third-order valence-electron chi connectivity index (χ3n) is 5.48. The molecule has 0 saturated carbocycles. The molecule has 168 valence electrons. The maximum absolute atomic E-state index is 6.23. The lowest BCUT2D eigenvalue weighted by atomic mass is 10.2. The number of hydrogen-bond acceptors (Lipinski definition) is 5. The minimum atomic E-state index is 0.439. The Bertz CT molecular complexity index is 1340. The van der Waals surface area contributed by atoms with E-state index in [1.165, 1.54) is 5.56 Å². The summed E-state index contributed by atoms with van der Waals surface area (Å²) in [5.41, 5.74) is 4.14. The molecular weight excluding hydrogens is 422 g/mol. The highest BCUT2D eigenvalue weighted by Crippen LogP contribution is 2.35. The van der Waals surface area contributed by atoms with Crippen molar-refractivity contribution < 1.29 is 9.47 Å². The second kappa shape index (κ2) is 10.5. The third-order valence-corrected chi connectivity index (χ3v) is 5.48. The Kier molecular flexibility index (Phi) is 6.62. The van der Waals surface area contributed by atoms with Gasteiger partial charge in [0, 0.05) is 18.0 Å². The summed E-state index contributed by atoms with van der Waals surface area (Å²) in [7, 11) is 0. The predicted molar refractivity (Wildman–Crippen MR) is 135 cm³/mol. The Morgan fingerprint density at radius 3 is 1.71 bits per heavy atom. The van der Waals surface area contributed by atoms with Gasteiger partial charge >= 0.3 is 0 Å². The van der Waals surface area contributed by atoms with Gasteiger partial charge in [0.25, 0.3) is 0 Å². The van der Waals surface area contributed by atoms with Crippen LogP contribution in [0.2, 0.25) is 0 Å². The summed E-state index contributed by atoms with van der Waals surface area (Å²) < 4.78 is 12.4. The number of rotatable bonds is 9. The maximum Gasteiger partial charge on any atom is 0.163 e. The van der Waals surface area contributed by atoms with Crippen molar-refractivity contribution in [3.8, 4) is 11.5 Å². The van der Waals surface area contributed by atoms with Gasteiger partial charge in [-0.1, -0.05) is 91.0 Å². The van der Waals surface area contributed by atoms with Crippen molar-refractivity contribution in [1.82, 2.24) is 9.97 Å². The molecule has 0 radical (unpaired) electrons. The molecule has 5 heteroatoms. The van der Waals surface area contributed by atoms with Gasteiger partial charge in [0.05, 0.1) is 5.52 Å². The fraction of sp³-hybridized carbons (Fsp3) is 0.103. The average Bonchev–Trinajstić information content (AvgIpc) is 2.91. The number of ether oxygens (including phenoxy) is 2. The Morgan fingerprint density at radius 2 is 1.12 bits per heavy atom. The summed E-state index contributed by atoms with van der Waals surface area (Å²) in [4.78, 5) is 8.97. The van der Waals surface area contributed by atoms with Gasteiger partial charge in [-0.3, -0.25) is 0 Å². The van der Waals surface area contributed by atoms with Crippen molar-refractivity contribution in [3.05, 3.63) is 126 Å². The van der Waals surface area contributed by atoms with Crippen molar-refractivity contribution in [2.75, 3.05) is 5.32 Å². The van der Waals surface area contributed by atoms with Gasteiger partial charge in [0.1, 0.15) is 25.4 Å². The Labute approximate surface area is 199 Å². The summed E-state index contributed by atoms with van der Waals surface area (Å²) in [6.07, 6.45) is 1.57. The van der Waals surface area contributed by atoms with Gasteiger partial charge in [-0.15, -0.1) is 0 Å². The molecule has 0 atom stereocenters. The van der Waals surface area contributed by atoms with E-state index in [9.17, 15) is 0 Å². The van der Waals surface area contributed by atoms with Crippen LogP contribution in [0.3, 0.4) is 0 Å². The first-order chi connectivity index (χ1) is 16.8. The van der Waals surface area contributed by atoms with Gasteiger partial charge in [-0.05, 0) is 22.8 Å². The molecular formula is C29H25N3O2. The molecule has 0 fully saturated rings. The van der Waals surface area contributed by atoms with Gasteiger partial charge in [-0.2, -0.15) is 0 Å². The number of nitrogens with zero attached hydrogens (tertiary/aromatic N) is 2. The summed E-state index contributed by atoms with van der Waals surface area (Å²) in [6, 6.07) is 34.3. The van der Waals surface area contributed by atoms with Crippen LogP contribution in [0.5, 0.6) is 11.5 Å². The van der Waals surface area contributed by atoms with Crippen LogP contribution in [0, 0.1) is 0 Å². The number of fused-ring (bicyclic) bond motifs is 1. The van der Waals surface area contributed by atoms with Gasteiger partial charge in [0.2, 0.25) is 0 Å². The molecule has 0 bridgehead atoms. The van der Waals surface area contributed by atoms with Gasteiger partial charge < -0.3 is 14.8 Å². The molecule has 0 aliphatic heterocycles. The van der Waals surface area contributed by atoms with E-state index in [1.807, 2.05) is 91.0 Å². The van der Waals surface area contributed by atoms with Crippen molar-refractivity contribution in [2.45, 2.75) is 19.8 Å². The highest BCUT2D eigenvalue weighted by atomic mass is 16.5. The average molecular weight is 448 g/mol. The fourth-order valence-corrected chi connectivity index (χ4v) is 3.68. The zero-order valence-corrected chi connectivity index (χ0v) is 18.7. The zero-order valence-electron chi connectivity index (χ0n) is 18.7. The number of nitrogens with one attached hydrogen (secondary N) is 1. The monoisotopic (exact) mass is 447 g/mol. The van der Waals surface area contributed by atoms with E-state index in [2.05, 4.69) is 27.4 Å². The second-order valence-corrected chi connectivity index (χ2v) is 7.93. The fourth-order valence-electron chi connectivity index (χ4n) is 3.68.